The smallest absolute Gasteiger partial charge is 0.106 e. The van der Waals surface area contributed by atoms with E-state index in [-0.39, 0.29) is 0 Å². The van der Waals surface area contributed by atoms with Crippen LogP contribution >= 0.6 is 11.3 Å². The minimum Gasteiger partial charge on any atom is -0.327 e. The third-order valence-corrected chi connectivity index (χ3v) is 3.65. The molecule has 0 atom stereocenters. The van der Waals surface area contributed by atoms with Crippen LogP contribution in [0.2, 0.25) is 0 Å². The van der Waals surface area contributed by atoms with Gasteiger partial charge in [-0.3, -0.25) is 0 Å². The van der Waals surface area contributed by atoms with Crippen LogP contribution in [0.3, 0.4) is 0 Å². The molecule has 0 aliphatic carbocycles. The van der Waals surface area contributed by atoms with E-state index < -0.39 is 0 Å². The Morgan fingerprint density at radius 3 is 2.94 bits per heavy atom. The molecule has 0 fully saturated rings. The van der Waals surface area contributed by atoms with Gasteiger partial charge in [-0.15, -0.1) is 0 Å². The predicted octanol–water partition coefficient (Wildman–Crippen LogP) is 3.05. The summed E-state index contributed by atoms with van der Waals surface area (Å²) < 4.78 is 2.29. The lowest BCUT2D eigenvalue weighted by Gasteiger charge is -2.11. The fourth-order valence-corrected chi connectivity index (χ4v) is 2.59. The fourth-order valence-electron chi connectivity index (χ4n) is 1.93. The van der Waals surface area contributed by atoms with Crippen molar-refractivity contribution in [3.05, 3.63) is 40.1 Å². The Balaban J connectivity index is 2.02. The van der Waals surface area contributed by atoms with Crippen molar-refractivity contribution in [3.63, 3.8) is 0 Å². The van der Waals surface area contributed by atoms with Crippen molar-refractivity contribution in [3.8, 4) is 0 Å². The van der Waals surface area contributed by atoms with Gasteiger partial charge in [-0.2, -0.15) is 11.3 Å². The molecule has 0 saturated heterocycles. The summed E-state index contributed by atoms with van der Waals surface area (Å²) in [6.07, 6.45) is 1.98. The average Bonchev–Trinajstić information content (AvgIpc) is 2.93. The highest BCUT2D eigenvalue weighted by Gasteiger charge is 2.07. The molecule has 3 nitrogen and oxygen atoms in total. The Hall–Kier alpha value is -1.13. The zero-order valence-electron chi connectivity index (χ0n) is 11.3. The standard InChI is InChI=1S/C14H21N3S/c1-11(2)6-15-7-14-8-16-12(3)17(14)9-13-4-5-18-10-13/h4-5,8,10-11,15H,6-7,9H2,1-3H3. The van der Waals surface area contributed by atoms with Crippen molar-refractivity contribution in [1.29, 1.82) is 0 Å². The quantitative estimate of drug-likeness (QED) is 0.868. The molecule has 2 aromatic rings. The molecule has 2 aromatic heterocycles. The highest BCUT2D eigenvalue weighted by Crippen LogP contribution is 2.12. The zero-order chi connectivity index (χ0) is 13.0. The first-order valence-corrected chi connectivity index (χ1v) is 7.34. The summed E-state index contributed by atoms with van der Waals surface area (Å²) in [6, 6.07) is 2.18. The van der Waals surface area contributed by atoms with Gasteiger partial charge in [0.1, 0.15) is 5.82 Å². The number of hydrogen-bond donors (Lipinski definition) is 1. The van der Waals surface area contributed by atoms with E-state index in [2.05, 4.69) is 52.5 Å². The second kappa shape index (κ2) is 6.16. The number of aromatic nitrogens is 2. The molecule has 0 saturated carbocycles. The topological polar surface area (TPSA) is 29.9 Å². The van der Waals surface area contributed by atoms with Gasteiger partial charge in [0.05, 0.1) is 5.69 Å². The van der Waals surface area contributed by atoms with Crippen LogP contribution in [0.5, 0.6) is 0 Å². The van der Waals surface area contributed by atoms with Crippen molar-refractivity contribution in [2.45, 2.75) is 33.9 Å². The molecule has 2 heterocycles. The summed E-state index contributed by atoms with van der Waals surface area (Å²) in [5, 5.41) is 7.80. The molecule has 0 unspecified atom stereocenters. The Bertz CT molecular complexity index is 471. The molecule has 0 amide bonds. The van der Waals surface area contributed by atoms with Gasteiger partial charge in [0.2, 0.25) is 0 Å². The highest BCUT2D eigenvalue weighted by molar-refractivity contribution is 7.07. The SMILES string of the molecule is Cc1ncc(CNCC(C)C)n1Cc1ccsc1. The number of aryl methyl sites for hydroxylation is 1. The number of imidazole rings is 1. The van der Waals surface area contributed by atoms with Crippen molar-refractivity contribution < 1.29 is 0 Å². The van der Waals surface area contributed by atoms with Crippen LogP contribution in [-0.2, 0) is 13.1 Å². The van der Waals surface area contributed by atoms with E-state index in [4.69, 9.17) is 0 Å². The van der Waals surface area contributed by atoms with E-state index in [0.717, 1.165) is 25.5 Å². The van der Waals surface area contributed by atoms with Crippen molar-refractivity contribution in [2.24, 2.45) is 5.92 Å². The maximum atomic E-state index is 4.42. The molecule has 18 heavy (non-hydrogen) atoms. The molecule has 0 aliphatic rings. The van der Waals surface area contributed by atoms with Crippen LogP contribution < -0.4 is 5.32 Å². The van der Waals surface area contributed by atoms with E-state index in [1.807, 2.05) is 6.20 Å². The maximum absolute atomic E-state index is 4.42. The second-order valence-electron chi connectivity index (χ2n) is 5.04. The largest absolute Gasteiger partial charge is 0.327 e. The first-order chi connectivity index (χ1) is 8.66. The van der Waals surface area contributed by atoms with Crippen LogP contribution in [0, 0.1) is 12.8 Å². The molecule has 0 radical (unpaired) electrons. The minimum atomic E-state index is 0.680. The first kappa shape index (κ1) is 13.3. The molecule has 98 valence electrons. The molecule has 4 heteroatoms. The Morgan fingerprint density at radius 2 is 2.28 bits per heavy atom. The fraction of sp³-hybridized carbons (Fsp3) is 0.500. The summed E-state index contributed by atoms with van der Waals surface area (Å²) in [6.45, 7) is 9.37. The van der Waals surface area contributed by atoms with Crippen LogP contribution in [0.4, 0.5) is 0 Å². The second-order valence-corrected chi connectivity index (χ2v) is 5.82. The van der Waals surface area contributed by atoms with Crippen LogP contribution in [0.15, 0.2) is 23.0 Å². The lowest BCUT2D eigenvalue weighted by atomic mass is 10.2. The third-order valence-electron chi connectivity index (χ3n) is 2.92. The number of nitrogens with zero attached hydrogens (tertiary/aromatic N) is 2. The van der Waals surface area contributed by atoms with Gasteiger partial charge in [0.15, 0.2) is 0 Å². The molecule has 2 rings (SSSR count). The lowest BCUT2D eigenvalue weighted by Crippen LogP contribution is -2.21. The molecular formula is C14H21N3S. The summed E-state index contributed by atoms with van der Waals surface area (Å²) in [7, 11) is 0. The summed E-state index contributed by atoms with van der Waals surface area (Å²) in [5.41, 5.74) is 2.62. The van der Waals surface area contributed by atoms with Gasteiger partial charge < -0.3 is 9.88 Å². The average molecular weight is 263 g/mol. The van der Waals surface area contributed by atoms with Gasteiger partial charge in [0, 0.05) is 19.3 Å². The van der Waals surface area contributed by atoms with E-state index in [1.54, 1.807) is 11.3 Å². The first-order valence-electron chi connectivity index (χ1n) is 6.39. The third kappa shape index (κ3) is 3.43. The predicted molar refractivity (Wildman–Crippen MR) is 76.9 cm³/mol. The molecule has 1 N–H and O–H groups in total. The van der Waals surface area contributed by atoms with Gasteiger partial charge >= 0.3 is 0 Å². The molecule has 0 aliphatic heterocycles. The number of nitrogens with one attached hydrogen (secondary N) is 1. The summed E-state index contributed by atoms with van der Waals surface area (Å²) >= 11 is 1.75. The van der Waals surface area contributed by atoms with Gasteiger partial charge in [-0.25, -0.2) is 4.98 Å². The minimum absolute atomic E-state index is 0.680. The van der Waals surface area contributed by atoms with E-state index in [0.29, 0.717) is 5.92 Å². The van der Waals surface area contributed by atoms with Crippen LogP contribution in [-0.4, -0.2) is 16.1 Å². The molecule has 0 aromatic carbocycles. The number of rotatable bonds is 6. The van der Waals surface area contributed by atoms with Crippen molar-refractivity contribution in [2.75, 3.05) is 6.54 Å². The lowest BCUT2D eigenvalue weighted by molar-refractivity contribution is 0.538. The summed E-state index contributed by atoms with van der Waals surface area (Å²) in [4.78, 5) is 4.42. The Morgan fingerprint density at radius 1 is 1.44 bits per heavy atom. The highest BCUT2D eigenvalue weighted by atomic mass is 32.1. The van der Waals surface area contributed by atoms with Gasteiger partial charge in [-0.05, 0) is 41.8 Å². The number of hydrogen-bond acceptors (Lipinski definition) is 3. The normalized spacial score (nSPS) is 11.3. The molecule has 0 bridgehead atoms. The van der Waals surface area contributed by atoms with Crippen LogP contribution in [0.25, 0.3) is 0 Å². The summed E-state index contributed by atoms with van der Waals surface area (Å²) in [5.74, 6) is 1.77. The van der Waals surface area contributed by atoms with Gasteiger partial charge in [0.25, 0.3) is 0 Å². The van der Waals surface area contributed by atoms with Crippen molar-refractivity contribution >= 4 is 11.3 Å². The zero-order valence-corrected chi connectivity index (χ0v) is 12.1. The molecule has 0 spiro atoms. The van der Waals surface area contributed by atoms with E-state index in [1.165, 1.54) is 11.3 Å². The monoisotopic (exact) mass is 263 g/mol. The van der Waals surface area contributed by atoms with Gasteiger partial charge in [-0.1, -0.05) is 13.8 Å². The maximum Gasteiger partial charge on any atom is 0.106 e. The number of thiophene rings is 1. The molecular weight excluding hydrogens is 242 g/mol. The van der Waals surface area contributed by atoms with E-state index >= 15 is 0 Å². The Kier molecular flexibility index (Phi) is 4.55. The van der Waals surface area contributed by atoms with E-state index in [9.17, 15) is 0 Å². The van der Waals surface area contributed by atoms with Crippen LogP contribution in [0.1, 0.15) is 30.9 Å². The Labute approximate surface area is 113 Å². The van der Waals surface area contributed by atoms with Crippen molar-refractivity contribution in [1.82, 2.24) is 14.9 Å².